The van der Waals surface area contributed by atoms with Crippen molar-refractivity contribution in [2.45, 2.75) is 18.9 Å². The highest BCUT2D eigenvalue weighted by molar-refractivity contribution is 5.68. The predicted molar refractivity (Wildman–Crippen MR) is 47.0 cm³/mol. The molecule has 72 valence electrons. The molecule has 5 nitrogen and oxygen atoms in total. The van der Waals surface area contributed by atoms with Crippen molar-refractivity contribution in [2.75, 3.05) is 0 Å². The number of aryl methyl sites for hydroxylation is 1. The predicted octanol–water partition coefficient (Wildman–Crippen LogP) is 0.0687. The van der Waals surface area contributed by atoms with Gasteiger partial charge >= 0.3 is 5.97 Å². The molecule has 1 heterocycles. The standard InChI is InChI=1S/C8H13N3O2/c1-8(9,5-7(12)13)6-3-4-11(2)10-6/h3-4H,5,9H2,1-2H3,(H,12,13)/t8-/m0/s1. The van der Waals surface area contributed by atoms with Gasteiger partial charge < -0.3 is 10.8 Å². The number of carboxylic acid groups (broad SMARTS) is 1. The third-order valence-corrected chi connectivity index (χ3v) is 1.82. The molecule has 0 saturated carbocycles. The zero-order valence-electron chi connectivity index (χ0n) is 7.69. The number of hydrogen-bond donors (Lipinski definition) is 2. The van der Waals surface area contributed by atoms with Crippen molar-refractivity contribution in [3.05, 3.63) is 18.0 Å². The van der Waals surface area contributed by atoms with Crippen LogP contribution in [0.5, 0.6) is 0 Å². The van der Waals surface area contributed by atoms with Gasteiger partial charge in [-0.1, -0.05) is 0 Å². The van der Waals surface area contributed by atoms with Gasteiger partial charge in [0, 0.05) is 13.2 Å². The van der Waals surface area contributed by atoms with Crippen molar-refractivity contribution in [2.24, 2.45) is 12.8 Å². The fourth-order valence-electron chi connectivity index (χ4n) is 1.12. The molecule has 1 atom stereocenters. The Kier molecular flexibility index (Phi) is 2.38. The van der Waals surface area contributed by atoms with Crippen molar-refractivity contribution in [1.82, 2.24) is 9.78 Å². The van der Waals surface area contributed by atoms with Crippen LogP contribution in [0.4, 0.5) is 0 Å². The fourth-order valence-corrected chi connectivity index (χ4v) is 1.12. The van der Waals surface area contributed by atoms with E-state index in [-0.39, 0.29) is 6.42 Å². The van der Waals surface area contributed by atoms with Crippen LogP contribution < -0.4 is 5.73 Å². The van der Waals surface area contributed by atoms with Crippen LogP contribution in [0.2, 0.25) is 0 Å². The Bertz CT molecular complexity index is 317. The highest BCUT2D eigenvalue weighted by Gasteiger charge is 2.26. The Labute approximate surface area is 76.2 Å². The topological polar surface area (TPSA) is 81.1 Å². The van der Waals surface area contributed by atoms with Crippen molar-refractivity contribution >= 4 is 5.97 Å². The quantitative estimate of drug-likeness (QED) is 0.694. The minimum atomic E-state index is -0.921. The zero-order chi connectivity index (χ0) is 10.1. The molecule has 3 N–H and O–H groups in total. The third-order valence-electron chi connectivity index (χ3n) is 1.82. The molecular weight excluding hydrogens is 170 g/mol. The Morgan fingerprint density at radius 1 is 1.85 bits per heavy atom. The van der Waals surface area contributed by atoms with Crippen molar-refractivity contribution in [1.29, 1.82) is 0 Å². The maximum absolute atomic E-state index is 10.5. The van der Waals surface area contributed by atoms with Crippen LogP contribution in [0, 0.1) is 0 Å². The highest BCUT2D eigenvalue weighted by Crippen LogP contribution is 2.18. The molecule has 0 saturated heterocycles. The first-order chi connectivity index (χ1) is 5.92. The van der Waals surface area contributed by atoms with E-state index < -0.39 is 11.5 Å². The van der Waals surface area contributed by atoms with E-state index in [0.717, 1.165) is 0 Å². The van der Waals surface area contributed by atoms with Gasteiger partial charge in [-0.25, -0.2) is 0 Å². The van der Waals surface area contributed by atoms with Crippen molar-refractivity contribution in [3.63, 3.8) is 0 Å². The van der Waals surface area contributed by atoms with Gasteiger partial charge in [-0.05, 0) is 13.0 Å². The summed E-state index contributed by atoms with van der Waals surface area (Å²) >= 11 is 0. The maximum atomic E-state index is 10.5. The molecule has 0 fully saturated rings. The Morgan fingerprint density at radius 2 is 2.46 bits per heavy atom. The highest BCUT2D eigenvalue weighted by atomic mass is 16.4. The second kappa shape index (κ2) is 3.18. The molecular formula is C8H13N3O2. The van der Waals surface area contributed by atoms with Crippen LogP contribution in [0.3, 0.4) is 0 Å². The molecule has 1 rings (SSSR count). The number of aliphatic carboxylic acids is 1. The van der Waals surface area contributed by atoms with Gasteiger partial charge in [-0.15, -0.1) is 0 Å². The molecule has 0 spiro atoms. The molecule has 0 aliphatic carbocycles. The molecule has 0 aliphatic rings. The summed E-state index contributed by atoms with van der Waals surface area (Å²) in [7, 11) is 1.76. The maximum Gasteiger partial charge on any atom is 0.305 e. The monoisotopic (exact) mass is 183 g/mol. The van der Waals surface area contributed by atoms with Crippen LogP contribution in [0.15, 0.2) is 12.3 Å². The SMILES string of the molecule is Cn1ccc([C@@](C)(N)CC(=O)O)n1. The molecule has 0 unspecified atom stereocenters. The van der Waals surface area contributed by atoms with E-state index in [9.17, 15) is 4.79 Å². The normalized spacial score (nSPS) is 15.3. The number of aromatic nitrogens is 2. The first-order valence-corrected chi connectivity index (χ1v) is 3.92. The number of carboxylic acids is 1. The summed E-state index contributed by atoms with van der Waals surface area (Å²) in [4.78, 5) is 10.5. The van der Waals surface area contributed by atoms with Crippen LogP contribution in [0.1, 0.15) is 19.0 Å². The minimum absolute atomic E-state index is 0.121. The summed E-state index contributed by atoms with van der Waals surface area (Å²) in [5, 5.41) is 12.7. The average molecular weight is 183 g/mol. The smallest absolute Gasteiger partial charge is 0.305 e. The van der Waals surface area contributed by atoms with Crippen molar-refractivity contribution < 1.29 is 9.90 Å². The van der Waals surface area contributed by atoms with Crippen LogP contribution in [-0.2, 0) is 17.4 Å². The number of carbonyl (C=O) groups is 1. The van der Waals surface area contributed by atoms with Crippen LogP contribution in [-0.4, -0.2) is 20.9 Å². The summed E-state index contributed by atoms with van der Waals surface area (Å²) in [6.07, 6.45) is 1.62. The lowest BCUT2D eigenvalue weighted by atomic mass is 9.95. The van der Waals surface area contributed by atoms with E-state index in [0.29, 0.717) is 5.69 Å². The number of nitrogens with two attached hydrogens (primary N) is 1. The summed E-state index contributed by atoms with van der Waals surface area (Å²) in [5.74, 6) is -0.921. The van der Waals surface area contributed by atoms with Gasteiger partial charge in [0.1, 0.15) is 0 Å². The second-order valence-corrected chi connectivity index (χ2v) is 3.36. The Morgan fingerprint density at radius 3 is 2.85 bits per heavy atom. The number of rotatable bonds is 3. The van der Waals surface area contributed by atoms with Gasteiger partial charge in [0.2, 0.25) is 0 Å². The summed E-state index contributed by atoms with van der Waals surface area (Å²) in [5.41, 5.74) is 5.49. The molecule has 0 bridgehead atoms. The first kappa shape index (κ1) is 9.73. The van der Waals surface area contributed by atoms with Crippen LogP contribution in [0.25, 0.3) is 0 Å². The van der Waals surface area contributed by atoms with Gasteiger partial charge in [0.05, 0.1) is 17.7 Å². The first-order valence-electron chi connectivity index (χ1n) is 3.92. The lowest BCUT2D eigenvalue weighted by Gasteiger charge is -2.19. The van der Waals surface area contributed by atoms with E-state index in [4.69, 9.17) is 10.8 Å². The zero-order valence-corrected chi connectivity index (χ0v) is 7.69. The molecule has 0 aliphatic heterocycles. The molecule has 13 heavy (non-hydrogen) atoms. The molecule has 0 radical (unpaired) electrons. The van der Waals surface area contributed by atoms with Gasteiger partial charge in [-0.2, -0.15) is 5.10 Å². The van der Waals surface area contributed by atoms with Gasteiger partial charge in [0.15, 0.2) is 0 Å². The van der Waals surface area contributed by atoms with E-state index in [1.807, 2.05) is 0 Å². The third kappa shape index (κ3) is 2.29. The fraction of sp³-hybridized carbons (Fsp3) is 0.500. The summed E-state index contributed by atoms with van der Waals surface area (Å²) in [6.45, 7) is 1.66. The Hall–Kier alpha value is -1.36. The molecule has 1 aromatic rings. The van der Waals surface area contributed by atoms with E-state index in [1.165, 1.54) is 0 Å². The van der Waals surface area contributed by atoms with Gasteiger partial charge in [-0.3, -0.25) is 9.48 Å². The summed E-state index contributed by atoms with van der Waals surface area (Å²) < 4.78 is 1.60. The summed E-state index contributed by atoms with van der Waals surface area (Å²) in [6, 6.07) is 1.73. The molecule has 0 amide bonds. The lowest BCUT2D eigenvalue weighted by molar-refractivity contribution is -0.138. The molecule has 0 aromatic carbocycles. The molecule has 1 aromatic heterocycles. The van der Waals surface area contributed by atoms with Gasteiger partial charge in [0.25, 0.3) is 0 Å². The van der Waals surface area contributed by atoms with E-state index >= 15 is 0 Å². The second-order valence-electron chi connectivity index (χ2n) is 3.36. The number of nitrogens with zero attached hydrogens (tertiary/aromatic N) is 2. The average Bonchev–Trinajstić information content (AvgIpc) is 2.32. The Balaban J connectivity index is 2.86. The largest absolute Gasteiger partial charge is 0.481 e. The minimum Gasteiger partial charge on any atom is -0.481 e. The molecule has 5 heteroatoms. The van der Waals surface area contributed by atoms with Crippen molar-refractivity contribution in [3.8, 4) is 0 Å². The van der Waals surface area contributed by atoms with E-state index in [1.54, 1.807) is 30.9 Å². The van der Waals surface area contributed by atoms with Crippen LogP contribution >= 0.6 is 0 Å². The number of hydrogen-bond acceptors (Lipinski definition) is 3. The van der Waals surface area contributed by atoms with E-state index in [2.05, 4.69) is 5.10 Å². The lowest BCUT2D eigenvalue weighted by Crippen LogP contribution is -2.36.